The first-order chi connectivity index (χ1) is 9.43. The molecule has 3 nitrogen and oxygen atoms in total. The molecule has 108 valence electrons. The van der Waals surface area contributed by atoms with Crippen LogP contribution >= 0.6 is 27.3 Å². The highest BCUT2D eigenvalue weighted by molar-refractivity contribution is 9.10. The van der Waals surface area contributed by atoms with Gasteiger partial charge in [0.2, 0.25) is 0 Å². The summed E-state index contributed by atoms with van der Waals surface area (Å²) < 4.78 is 38.6. The van der Waals surface area contributed by atoms with Crippen molar-refractivity contribution in [2.24, 2.45) is 0 Å². The van der Waals surface area contributed by atoms with Crippen LogP contribution in [0.4, 0.5) is 13.2 Å². The molecule has 1 atom stereocenters. The molecule has 0 bridgehead atoms. The van der Waals surface area contributed by atoms with Crippen molar-refractivity contribution < 1.29 is 13.2 Å². The molecule has 1 N–H and O–H groups in total. The Bertz CT molecular complexity index is 585. The van der Waals surface area contributed by atoms with Gasteiger partial charge in [-0.1, -0.05) is 6.92 Å². The zero-order chi connectivity index (χ0) is 14.8. The van der Waals surface area contributed by atoms with Gasteiger partial charge in [-0.15, -0.1) is 11.3 Å². The van der Waals surface area contributed by atoms with Gasteiger partial charge in [-0.05, 0) is 34.6 Å². The molecular formula is C12H11BrF3N3S. The lowest BCUT2D eigenvalue weighted by atomic mass is 10.1. The predicted molar refractivity (Wildman–Crippen MR) is 74.6 cm³/mol. The van der Waals surface area contributed by atoms with Crippen molar-refractivity contribution in [3.63, 3.8) is 0 Å². The Labute approximate surface area is 126 Å². The number of nitrogens with one attached hydrogen (secondary N) is 1. The van der Waals surface area contributed by atoms with Crippen molar-refractivity contribution >= 4 is 27.3 Å². The third kappa shape index (κ3) is 3.36. The summed E-state index contributed by atoms with van der Waals surface area (Å²) in [5.74, 6) is 0. The highest BCUT2D eigenvalue weighted by atomic mass is 79.9. The summed E-state index contributed by atoms with van der Waals surface area (Å²) in [4.78, 5) is 8.17. The lowest BCUT2D eigenvalue weighted by Gasteiger charge is -2.16. The van der Waals surface area contributed by atoms with Gasteiger partial charge in [0.05, 0.1) is 11.7 Å². The van der Waals surface area contributed by atoms with Crippen molar-refractivity contribution in [1.82, 2.24) is 15.3 Å². The topological polar surface area (TPSA) is 37.8 Å². The first kappa shape index (κ1) is 15.4. The predicted octanol–water partition coefficient (Wildman–Crippen LogP) is 4.02. The Balaban J connectivity index is 2.39. The standard InChI is InChI=1S/C12H11BrF3N3S/c1-2-17-10(9-7(13)4-3-5-18-9)8-6-19-11(20-8)12(14,15)16/h3-6,10,17H,2H2,1H3. The summed E-state index contributed by atoms with van der Waals surface area (Å²) in [5.41, 5.74) is 0.645. The van der Waals surface area contributed by atoms with Gasteiger partial charge in [0.1, 0.15) is 0 Å². The fourth-order valence-corrected chi connectivity index (χ4v) is 3.04. The second-order valence-corrected chi connectivity index (χ2v) is 5.84. The van der Waals surface area contributed by atoms with Gasteiger partial charge in [0, 0.05) is 21.7 Å². The van der Waals surface area contributed by atoms with Crippen LogP contribution in [0.15, 0.2) is 29.0 Å². The van der Waals surface area contributed by atoms with Crippen LogP contribution in [0.2, 0.25) is 0 Å². The third-order valence-electron chi connectivity index (χ3n) is 2.52. The van der Waals surface area contributed by atoms with Gasteiger partial charge in [-0.25, -0.2) is 4.98 Å². The Morgan fingerprint density at radius 2 is 2.15 bits per heavy atom. The van der Waals surface area contributed by atoms with Gasteiger partial charge >= 0.3 is 6.18 Å². The lowest BCUT2D eigenvalue weighted by Crippen LogP contribution is -2.22. The molecule has 0 amide bonds. The molecule has 1 unspecified atom stereocenters. The van der Waals surface area contributed by atoms with E-state index in [9.17, 15) is 13.2 Å². The quantitative estimate of drug-likeness (QED) is 0.888. The number of hydrogen-bond acceptors (Lipinski definition) is 4. The number of pyridine rings is 1. The van der Waals surface area contributed by atoms with E-state index < -0.39 is 17.2 Å². The van der Waals surface area contributed by atoms with Gasteiger partial charge in [0.15, 0.2) is 5.01 Å². The van der Waals surface area contributed by atoms with Crippen molar-refractivity contribution in [2.75, 3.05) is 6.54 Å². The van der Waals surface area contributed by atoms with E-state index in [2.05, 4.69) is 31.2 Å². The first-order valence-electron chi connectivity index (χ1n) is 5.80. The lowest BCUT2D eigenvalue weighted by molar-refractivity contribution is -0.137. The fraction of sp³-hybridized carbons (Fsp3) is 0.333. The number of halogens is 4. The minimum atomic E-state index is -4.42. The largest absolute Gasteiger partial charge is 0.443 e. The second kappa shape index (κ2) is 6.19. The fourth-order valence-electron chi connectivity index (χ4n) is 1.70. The van der Waals surface area contributed by atoms with Crippen molar-refractivity contribution in [3.8, 4) is 0 Å². The van der Waals surface area contributed by atoms with E-state index in [0.29, 0.717) is 28.5 Å². The van der Waals surface area contributed by atoms with Crippen LogP contribution in [0, 0.1) is 0 Å². The molecule has 8 heteroatoms. The SMILES string of the molecule is CCNC(c1cnc(C(F)(F)F)s1)c1ncccc1Br. The Morgan fingerprint density at radius 3 is 2.70 bits per heavy atom. The maximum Gasteiger partial charge on any atom is 0.443 e. The summed E-state index contributed by atoms with van der Waals surface area (Å²) in [6.07, 6.45) is -1.56. The minimum absolute atomic E-state index is 0.413. The highest BCUT2D eigenvalue weighted by Gasteiger charge is 2.35. The molecule has 0 saturated heterocycles. The van der Waals surface area contributed by atoms with Crippen LogP contribution in [0.3, 0.4) is 0 Å². The smallest absolute Gasteiger partial charge is 0.304 e. The Kier molecular flexibility index (Phi) is 4.77. The Morgan fingerprint density at radius 1 is 1.40 bits per heavy atom. The number of hydrogen-bond donors (Lipinski definition) is 1. The van der Waals surface area contributed by atoms with Crippen LogP contribution in [0.1, 0.15) is 28.5 Å². The first-order valence-corrected chi connectivity index (χ1v) is 7.41. The normalized spacial score (nSPS) is 13.4. The number of aromatic nitrogens is 2. The third-order valence-corrected chi connectivity index (χ3v) is 4.30. The maximum atomic E-state index is 12.6. The number of rotatable bonds is 4. The maximum absolute atomic E-state index is 12.6. The number of alkyl halides is 3. The van der Waals surface area contributed by atoms with E-state index in [1.54, 1.807) is 18.3 Å². The Hall–Kier alpha value is -0.990. The zero-order valence-corrected chi connectivity index (χ0v) is 12.8. The monoisotopic (exact) mass is 365 g/mol. The van der Waals surface area contributed by atoms with Crippen LogP contribution in [-0.2, 0) is 6.18 Å². The van der Waals surface area contributed by atoms with E-state index in [1.807, 2.05) is 6.92 Å². The van der Waals surface area contributed by atoms with Crippen LogP contribution < -0.4 is 5.32 Å². The molecule has 0 aliphatic heterocycles. The molecule has 2 heterocycles. The van der Waals surface area contributed by atoms with E-state index in [0.717, 1.165) is 4.47 Å². The average molecular weight is 366 g/mol. The van der Waals surface area contributed by atoms with Gasteiger partial charge in [-0.3, -0.25) is 4.98 Å². The molecule has 0 aliphatic carbocycles. The molecule has 2 aromatic heterocycles. The van der Waals surface area contributed by atoms with E-state index >= 15 is 0 Å². The molecule has 2 aromatic rings. The molecule has 2 rings (SSSR count). The second-order valence-electron chi connectivity index (χ2n) is 3.93. The summed E-state index contributed by atoms with van der Waals surface area (Å²) in [5, 5.41) is 2.29. The summed E-state index contributed by atoms with van der Waals surface area (Å²) >= 11 is 4.00. The summed E-state index contributed by atoms with van der Waals surface area (Å²) in [6, 6.07) is 3.15. The molecule has 0 radical (unpaired) electrons. The zero-order valence-electron chi connectivity index (χ0n) is 10.4. The molecule has 0 spiro atoms. The molecular weight excluding hydrogens is 355 g/mol. The van der Waals surface area contributed by atoms with E-state index in [1.165, 1.54) is 6.20 Å². The number of nitrogens with zero attached hydrogens (tertiary/aromatic N) is 2. The summed E-state index contributed by atoms with van der Waals surface area (Å²) in [7, 11) is 0. The van der Waals surface area contributed by atoms with Crippen LogP contribution in [0.25, 0.3) is 0 Å². The van der Waals surface area contributed by atoms with Crippen LogP contribution in [-0.4, -0.2) is 16.5 Å². The summed E-state index contributed by atoms with van der Waals surface area (Å²) in [6.45, 7) is 2.49. The van der Waals surface area contributed by atoms with Crippen molar-refractivity contribution in [2.45, 2.75) is 19.1 Å². The minimum Gasteiger partial charge on any atom is -0.304 e. The van der Waals surface area contributed by atoms with Crippen LogP contribution in [0.5, 0.6) is 0 Å². The highest BCUT2D eigenvalue weighted by Crippen LogP contribution is 2.36. The molecule has 20 heavy (non-hydrogen) atoms. The molecule has 0 fully saturated rings. The molecule has 0 aromatic carbocycles. The average Bonchev–Trinajstić information content (AvgIpc) is 2.86. The van der Waals surface area contributed by atoms with E-state index in [-0.39, 0.29) is 0 Å². The van der Waals surface area contributed by atoms with Gasteiger partial charge < -0.3 is 5.32 Å². The molecule has 0 aliphatic rings. The van der Waals surface area contributed by atoms with E-state index in [4.69, 9.17) is 0 Å². The number of thiazole rings is 1. The van der Waals surface area contributed by atoms with Gasteiger partial charge in [0.25, 0.3) is 0 Å². The van der Waals surface area contributed by atoms with Crippen molar-refractivity contribution in [1.29, 1.82) is 0 Å². The van der Waals surface area contributed by atoms with Crippen molar-refractivity contribution in [3.05, 3.63) is 44.6 Å². The van der Waals surface area contributed by atoms with Gasteiger partial charge in [-0.2, -0.15) is 13.2 Å². The molecule has 0 saturated carbocycles.